The van der Waals surface area contributed by atoms with Crippen LogP contribution >= 0.6 is 0 Å². The summed E-state index contributed by atoms with van der Waals surface area (Å²) in [5.74, 6) is 0.780. The number of aryl methyl sites for hydroxylation is 1. The van der Waals surface area contributed by atoms with Gasteiger partial charge in [0.15, 0.2) is 5.65 Å². The molecule has 0 bridgehead atoms. The Kier molecular flexibility index (Phi) is 3.90. The maximum absolute atomic E-state index is 11.2. The van der Waals surface area contributed by atoms with Gasteiger partial charge in [-0.2, -0.15) is 5.10 Å². The zero-order valence-corrected chi connectivity index (χ0v) is 11.6. The summed E-state index contributed by atoms with van der Waals surface area (Å²) in [6.07, 6.45) is 5.84. The van der Waals surface area contributed by atoms with Crippen molar-refractivity contribution in [3.63, 3.8) is 0 Å². The minimum absolute atomic E-state index is 0.184. The second-order valence-corrected chi connectivity index (χ2v) is 6.05. The van der Waals surface area contributed by atoms with Crippen LogP contribution in [-0.2, 0) is 17.8 Å². The van der Waals surface area contributed by atoms with Gasteiger partial charge in [-0.05, 0) is 6.42 Å². The van der Waals surface area contributed by atoms with Crippen molar-refractivity contribution in [1.29, 1.82) is 0 Å². The summed E-state index contributed by atoms with van der Waals surface area (Å²) in [6.45, 7) is 2.72. The van der Waals surface area contributed by atoms with Crippen molar-refractivity contribution in [3.05, 3.63) is 12.5 Å². The minimum atomic E-state index is -0.780. The number of nitrogens with one attached hydrogen (secondary N) is 1. The number of aromatic nitrogens is 4. The Labute approximate surface area is 108 Å². The first-order valence-electron chi connectivity index (χ1n) is 5.78. The predicted octanol–water partition coefficient (Wildman–Crippen LogP) is 0.932. The molecule has 98 valence electrons. The first-order chi connectivity index (χ1) is 8.59. The number of fused-ring (bicyclic) bond motifs is 1. The Balaban J connectivity index is 2.06. The lowest BCUT2D eigenvalue weighted by atomic mass is 10.3. The van der Waals surface area contributed by atoms with Crippen LogP contribution in [0.25, 0.3) is 11.0 Å². The van der Waals surface area contributed by atoms with Gasteiger partial charge in [0, 0.05) is 35.9 Å². The lowest BCUT2D eigenvalue weighted by Gasteiger charge is -2.09. The number of hydrogen-bond donors (Lipinski definition) is 1. The molecular formula is C11H17N5OS. The van der Waals surface area contributed by atoms with E-state index in [1.165, 1.54) is 6.33 Å². The summed E-state index contributed by atoms with van der Waals surface area (Å²) in [5.41, 5.74) is 0.805. The van der Waals surface area contributed by atoms with Crippen LogP contribution < -0.4 is 5.32 Å². The van der Waals surface area contributed by atoms with Crippen LogP contribution in [0.5, 0.6) is 0 Å². The molecule has 2 atom stereocenters. The zero-order valence-electron chi connectivity index (χ0n) is 10.8. The maximum Gasteiger partial charge on any atom is 0.163 e. The molecule has 0 aliphatic rings. The number of nitrogens with zero attached hydrogens (tertiary/aromatic N) is 4. The van der Waals surface area contributed by atoms with E-state index >= 15 is 0 Å². The standard InChI is InChI=1S/C11H17N5OS/c1-8(18(3)17)4-5-12-10-9-6-15-16(2)11(9)14-7-13-10/h6-8H,4-5H2,1-3H3,(H,12,13,14). The lowest BCUT2D eigenvalue weighted by molar-refractivity contribution is 0.672. The summed E-state index contributed by atoms with van der Waals surface area (Å²) >= 11 is 0. The van der Waals surface area contributed by atoms with Crippen LogP contribution in [-0.4, -0.2) is 42.0 Å². The Bertz CT molecular complexity index is 568. The second kappa shape index (κ2) is 5.43. The average Bonchev–Trinajstić information content (AvgIpc) is 2.72. The van der Waals surface area contributed by atoms with Crippen molar-refractivity contribution < 1.29 is 4.21 Å². The maximum atomic E-state index is 11.2. The fraction of sp³-hybridized carbons (Fsp3) is 0.545. The molecule has 0 fully saturated rings. The molecule has 7 heteroatoms. The molecular weight excluding hydrogens is 250 g/mol. The van der Waals surface area contributed by atoms with Gasteiger partial charge in [0.1, 0.15) is 12.1 Å². The Morgan fingerprint density at radius 1 is 1.50 bits per heavy atom. The second-order valence-electron chi connectivity index (χ2n) is 4.25. The topological polar surface area (TPSA) is 72.7 Å². The molecule has 0 aliphatic heterocycles. The predicted molar refractivity (Wildman–Crippen MR) is 72.9 cm³/mol. The van der Waals surface area contributed by atoms with Crippen LogP contribution in [0.2, 0.25) is 0 Å². The number of rotatable bonds is 5. The van der Waals surface area contributed by atoms with Crippen molar-refractivity contribution >= 4 is 27.7 Å². The molecule has 2 rings (SSSR count). The molecule has 18 heavy (non-hydrogen) atoms. The van der Waals surface area contributed by atoms with Gasteiger partial charge in [0.05, 0.1) is 11.6 Å². The van der Waals surface area contributed by atoms with Crippen molar-refractivity contribution in [1.82, 2.24) is 19.7 Å². The molecule has 0 spiro atoms. The van der Waals surface area contributed by atoms with E-state index in [4.69, 9.17) is 0 Å². The summed E-state index contributed by atoms with van der Waals surface area (Å²) in [6, 6.07) is 0. The van der Waals surface area contributed by atoms with Gasteiger partial charge in [-0.25, -0.2) is 9.97 Å². The minimum Gasteiger partial charge on any atom is -0.369 e. The fourth-order valence-corrected chi connectivity index (χ4v) is 2.11. The van der Waals surface area contributed by atoms with E-state index in [-0.39, 0.29) is 5.25 Å². The van der Waals surface area contributed by atoms with E-state index in [1.807, 2.05) is 14.0 Å². The Morgan fingerprint density at radius 2 is 2.28 bits per heavy atom. The molecule has 2 heterocycles. The molecule has 0 amide bonds. The molecule has 2 aromatic heterocycles. The van der Waals surface area contributed by atoms with Crippen molar-refractivity contribution in [2.45, 2.75) is 18.6 Å². The molecule has 1 N–H and O–H groups in total. The fourth-order valence-electron chi connectivity index (χ4n) is 1.66. The van der Waals surface area contributed by atoms with Crippen LogP contribution in [0, 0.1) is 0 Å². The molecule has 6 nitrogen and oxygen atoms in total. The monoisotopic (exact) mass is 267 g/mol. The molecule has 0 aromatic carbocycles. The van der Waals surface area contributed by atoms with E-state index in [0.717, 1.165) is 29.8 Å². The van der Waals surface area contributed by atoms with Crippen molar-refractivity contribution in [2.24, 2.45) is 7.05 Å². The molecule has 2 aromatic rings. The van der Waals surface area contributed by atoms with Gasteiger partial charge < -0.3 is 5.32 Å². The highest BCUT2D eigenvalue weighted by atomic mass is 32.2. The van der Waals surface area contributed by atoms with Crippen molar-refractivity contribution in [2.75, 3.05) is 18.1 Å². The third-order valence-electron chi connectivity index (χ3n) is 2.94. The van der Waals surface area contributed by atoms with Crippen LogP contribution in [0.3, 0.4) is 0 Å². The van der Waals surface area contributed by atoms with Gasteiger partial charge >= 0.3 is 0 Å². The van der Waals surface area contributed by atoms with E-state index in [1.54, 1.807) is 17.1 Å². The van der Waals surface area contributed by atoms with Crippen LogP contribution in [0.1, 0.15) is 13.3 Å². The molecule has 0 saturated carbocycles. The smallest absolute Gasteiger partial charge is 0.163 e. The SMILES string of the molecule is CC(CCNc1ncnc2c1cnn2C)S(C)=O. The normalized spacial score (nSPS) is 14.6. The summed E-state index contributed by atoms with van der Waals surface area (Å²) in [7, 11) is 1.07. The summed E-state index contributed by atoms with van der Waals surface area (Å²) in [4.78, 5) is 8.38. The van der Waals surface area contributed by atoms with Crippen molar-refractivity contribution in [3.8, 4) is 0 Å². The highest BCUT2D eigenvalue weighted by Gasteiger charge is 2.09. The molecule has 0 aliphatic carbocycles. The summed E-state index contributed by atoms with van der Waals surface area (Å²) < 4.78 is 13.0. The molecule has 0 radical (unpaired) electrons. The van der Waals surface area contributed by atoms with Gasteiger partial charge in [0.2, 0.25) is 0 Å². The first-order valence-corrected chi connectivity index (χ1v) is 7.40. The van der Waals surface area contributed by atoms with Gasteiger partial charge in [0.25, 0.3) is 0 Å². The summed E-state index contributed by atoms with van der Waals surface area (Å²) in [5, 5.41) is 8.49. The van der Waals surface area contributed by atoms with E-state index in [9.17, 15) is 4.21 Å². The zero-order chi connectivity index (χ0) is 13.1. The third-order valence-corrected chi connectivity index (χ3v) is 4.31. The van der Waals surface area contributed by atoms with Crippen LogP contribution in [0.15, 0.2) is 12.5 Å². The Morgan fingerprint density at radius 3 is 3.00 bits per heavy atom. The average molecular weight is 267 g/mol. The van der Waals surface area contributed by atoms with E-state index < -0.39 is 10.8 Å². The van der Waals surface area contributed by atoms with Gasteiger partial charge in [-0.15, -0.1) is 0 Å². The molecule has 2 unspecified atom stereocenters. The quantitative estimate of drug-likeness (QED) is 0.872. The largest absolute Gasteiger partial charge is 0.369 e. The lowest BCUT2D eigenvalue weighted by Crippen LogP contribution is -2.15. The van der Waals surface area contributed by atoms with E-state index in [0.29, 0.717) is 0 Å². The number of anilines is 1. The Hall–Kier alpha value is -1.50. The number of hydrogen-bond acceptors (Lipinski definition) is 5. The van der Waals surface area contributed by atoms with Crippen LogP contribution in [0.4, 0.5) is 5.82 Å². The highest BCUT2D eigenvalue weighted by molar-refractivity contribution is 7.84. The first kappa shape index (κ1) is 12.9. The van der Waals surface area contributed by atoms with Gasteiger partial charge in [-0.1, -0.05) is 6.92 Å². The third kappa shape index (κ3) is 2.66. The highest BCUT2D eigenvalue weighted by Crippen LogP contribution is 2.17. The van der Waals surface area contributed by atoms with Gasteiger partial charge in [-0.3, -0.25) is 8.89 Å². The molecule has 0 saturated heterocycles. The van der Waals surface area contributed by atoms with E-state index in [2.05, 4.69) is 20.4 Å².